The largest absolute Gasteiger partial charge is 0.465 e. The molecule has 0 saturated heterocycles. The zero-order valence-electron chi connectivity index (χ0n) is 12.2. The van der Waals surface area contributed by atoms with Gasteiger partial charge in [0.1, 0.15) is 0 Å². The molecule has 0 atom stereocenters. The van der Waals surface area contributed by atoms with Crippen LogP contribution in [0.5, 0.6) is 0 Å². The van der Waals surface area contributed by atoms with Gasteiger partial charge in [0.25, 0.3) is 0 Å². The number of carbonyl (C=O) groups excluding carboxylic acids is 1. The standard InChI is InChI=1S/C14H22N2O3/c1-9-6-10(16(4)14(2,3)8-17)7-11(12(9)15)13(18)19-5/h6-7,17H,8,15H2,1-5H3. The number of rotatable bonds is 4. The number of aliphatic hydroxyl groups is 1. The van der Waals surface area contributed by atoms with Gasteiger partial charge in [-0.2, -0.15) is 0 Å². The zero-order chi connectivity index (χ0) is 14.8. The molecule has 0 amide bonds. The Morgan fingerprint density at radius 1 is 1.47 bits per heavy atom. The van der Waals surface area contributed by atoms with Crippen LogP contribution in [0.3, 0.4) is 0 Å². The molecule has 0 saturated carbocycles. The fourth-order valence-electron chi connectivity index (χ4n) is 1.71. The maximum absolute atomic E-state index is 11.7. The predicted octanol–water partition coefficient (Wildman–Crippen LogP) is 1.57. The number of aryl methyl sites for hydroxylation is 1. The normalized spacial score (nSPS) is 11.3. The van der Waals surface area contributed by atoms with Gasteiger partial charge in [0, 0.05) is 18.4 Å². The monoisotopic (exact) mass is 266 g/mol. The van der Waals surface area contributed by atoms with Crippen molar-refractivity contribution in [1.82, 2.24) is 0 Å². The fourth-order valence-corrected chi connectivity index (χ4v) is 1.71. The Labute approximate surface area is 114 Å². The van der Waals surface area contributed by atoms with Gasteiger partial charge in [-0.1, -0.05) is 0 Å². The van der Waals surface area contributed by atoms with Crippen LogP contribution in [-0.4, -0.2) is 37.4 Å². The summed E-state index contributed by atoms with van der Waals surface area (Å²) in [6.45, 7) is 5.67. The van der Waals surface area contributed by atoms with Crippen LogP contribution in [0.25, 0.3) is 0 Å². The van der Waals surface area contributed by atoms with Crippen LogP contribution in [-0.2, 0) is 4.74 Å². The summed E-state index contributed by atoms with van der Waals surface area (Å²) in [4.78, 5) is 13.6. The van der Waals surface area contributed by atoms with E-state index in [9.17, 15) is 9.90 Å². The molecule has 106 valence electrons. The Kier molecular flexibility index (Phi) is 4.42. The highest BCUT2D eigenvalue weighted by Gasteiger charge is 2.24. The number of hydrogen-bond donors (Lipinski definition) is 2. The first kappa shape index (κ1) is 15.3. The molecule has 0 aliphatic carbocycles. The van der Waals surface area contributed by atoms with E-state index in [0.29, 0.717) is 11.3 Å². The summed E-state index contributed by atoms with van der Waals surface area (Å²) in [5.41, 5.74) is 7.85. The summed E-state index contributed by atoms with van der Waals surface area (Å²) in [7, 11) is 3.19. The number of methoxy groups -OCH3 is 1. The molecule has 0 fully saturated rings. The van der Waals surface area contributed by atoms with Crippen molar-refractivity contribution in [1.29, 1.82) is 0 Å². The lowest BCUT2D eigenvalue weighted by Gasteiger charge is -2.36. The second-order valence-corrected chi connectivity index (χ2v) is 5.25. The van der Waals surface area contributed by atoms with E-state index >= 15 is 0 Å². The SMILES string of the molecule is COC(=O)c1cc(N(C)C(C)(C)CO)cc(C)c1N. The molecule has 0 heterocycles. The van der Waals surface area contributed by atoms with Crippen molar-refractivity contribution in [3.63, 3.8) is 0 Å². The number of nitrogens with zero attached hydrogens (tertiary/aromatic N) is 1. The number of likely N-dealkylation sites (N-methyl/N-ethyl adjacent to an activating group) is 1. The minimum absolute atomic E-state index is 0.000478. The summed E-state index contributed by atoms with van der Waals surface area (Å²) in [5, 5.41) is 9.42. The van der Waals surface area contributed by atoms with E-state index in [-0.39, 0.29) is 6.61 Å². The lowest BCUT2D eigenvalue weighted by atomic mass is 10.0. The Morgan fingerprint density at radius 3 is 2.53 bits per heavy atom. The summed E-state index contributed by atoms with van der Waals surface area (Å²) < 4.78 is 4.73. The maximum Gasteiger partial charge on any atom is 0.340 e. The molecule has 0 radical (unpaired) electrons. The van der Waals surface area contributed by atoms with Crippen LogP contribution in [0.2, 0.25) is 0 Å². The average Bonchev–Trinajstić information content (AvgIpc) is 2.39. The summed E-state index contributed by atoms with van der Waals surface area (Å²) >= 11 is 0. The molecular weight excluding hydrogens is 244 g/mol. The predicted molar refractivity (Wildman–Crippen MR) is 76.5 cm³/mol. The molecule has 5 nitrogen and oxygen atoms in total. The third-order valence-corrected chi connectivity index (χ3v) is 3.46. The van der Waals surface area contributed by atoms with Crippen molar-refractivity contribution in [3.8, 4) is 0 Å². The van der Waals surface area contributed by atoms with E-state index in [0.717, 1.165) is 11.3 Å². The lowest BCUT2D eigenvalue weighted by molar-refractivity contribution is 0.0602. The Hall–Kier alpha value is -1.75. The average molecular weight is 266 g/mol. The number of ether oxygens (including phenoxy) is 1. The highest BCUT2D eigenvalue weighted by atomic mass is 16.5. The summed E-state index contributed by atoms with van der Waals surface area (Å²) in [6.07, 6.45) is 0. The number of esters is 1. The van der Waals surface area contributed by atoms with E-state index < -0.39 is 11.5 Å². The smallest absolute Gasteiger partial charge is 0.340 e. The first-order valence-corrected chi connectivity index (χ1v) is 6.07. The van der Waals surface area contributed by atoms with Crippen LogP contribution >= 0.6 is 0 Å². The molecule has 1 aromatic rings. The third kappa shape index (κ3) is 2.98. The number of carbonyl (C=O) groups is 1. The third-order valence-electron chi connectivity index (χ3n) is 3.46. The van der Waals surface area contributed by atoms with Crippen molar-refractivity contribution >= 4 is 17.3 Å². The number of nitrogen functional groups attached to an aromatic ring is 1. The quantitative estimate of drug-likeness (QED) is 0.639. The van der Waals surface area contributed by atoms with Crippen LogP contribution < -0.4 is 10.6 Å². The van der Waals surface area contributed by atoms with Crippen LogP contribution in [0, 0.1) is 6.92 Å². The topological polar surface area (TPSA) is 75.8 Å². The second-order valence-electron chi connectivity index (χ2n) is 5.25. The molecule has 0 unspecified atom stereocenters. The first-order chi connectivity index (χ1) is 8.74. The van der Waals surface area contributed by atoms with Crippen molar-refractivity contribution in [3.05, 3.63) is 23.3 Å². The Balaban J connectivity index is 3.32. The molecule has 19 heavy (non-hydrogen) atoms. The minimum Gasteiger partial charge on any atom is -0.465 e. The molecular formula is C14H22N2O3. The van der Waals surface area contributed by atoms with Gasteiger partial charge in [-0.3, -0.25) is 0 Å². The van der Waals surface area contributed by atoms with Gasteiger partial charge in [-0.25, -0.2) is 4.79 Å². The van der Waals surface area contributed by atoms with Crippen LogP contribution in [0.15, 0.2) is 12.1 Å². The van der Waals surface area contributed by atoms with Gasteiger partial charge in [0.2, 0.25) is 0 Å². The van der Waals surface area contributed by atoms with Gasteiger partial charge in [0.15, 0.2) is 0 Å². The summed E-state index contributed by atoms with van der Waals surface area (Å²) in [6, 6.07) is 3.57. The van der Waals surface area contributed by atoms with Crippen LogP contribution in [0.4, 0.5) is 11.4 Å². The molecule has 1 rings (SSSR count). The van der Waals surface area contributed by atoms with Crippen LogP contribution in [0.1, 0.15) is 29.8 Å². The van der Waals surface area contributed by atoms with E-state index in [1.54, 1.807) is 6.07 Å². The van der Waals surface area contributed by atoms with Gasteiger partial charge < -0.3 is 20.5 Å². The van der Waals surface area contributed by atoms with E-state index in [1.165, 1.54) is 7.11 Å². The van der Waals surface area contributed by atoms with Crippen molar-refractivity contribution in [2.45, 2.75) is 26.3 Å². The van der Waals surface area contributed by atoms with Crippen molar-refractivity contribution in [2.24, 2.45) is 0 Å². The first-order valence-electron chi connectivity index (χ1n) is 6.07. The van der Waals surface area contributed by atoms with Crippen molar-refractivity contribution < 1.29 is 14.6 Å². The molecule has 3 N–H and O–H groups in total. The van der Waals surface area contributed by atoms with E-state index in [2.05, 4.69) is 0 Å². The van der Waals surface area contributed by atoms with Gasteiger partial charge in [-0.15, -0.1) is 0 Å². The minimum atomic E-state index is -0.461. The molecule has 1 aromatic carbocycles. The molecule has 0 aliphatic heterocycles. The Bertz CT molecular complexity index is 484. The number of anilines is 2. The number of nitrogens with two attached hydrogens (primary N) is 1. The van der Waals surface area contributed by atoms with Gasteiger partial charge >= 0.3 is 5.97 Å². The van der Waals surface area contributed by atoms with Gasteiger partial charge in [0.05, 0.1) is 24.8 Å². The molecule has 0 bridgehead atoms. The molecule has 0 spiro atoms. The number of aliphatic hydroxyl groups excluding tert-OH is 1. The lowest BCUT2D eigenvalue weighted by Crippen LogP contribution is -2.44. The molecule has 0 aliphatic rings. The molecule has 0 aromatic heterocycles. The highest BCUT2D eigenvalue weighted by molar-refractivity contribution is 5.97. The fraction of sp³-hybridized carbons (Fsp3) is 0.500. The second kappa shape index (κ2) is 5.48. The number of benzene rings is 1. The summed E-state index contributed by atoms with van der Waals surface area (Å²) in [5.74, 6) is -0.461. The van der Waals surface area contributed by atoms with Gasteiger partial charge in [-0.05, 0) is 38.5 Å². The Morgan fingerprint density at radius 2 is 2.05 bits per heavy atom. The van der Waals surface area contributed by atoms with E-state index in [4.69, 9.17) is 10.5 Å². The van der Waals surface area contributed by atoms with Crippen molar-refractivity contribution in [2.75, 3.05) is 31.4 Å². The van der Waals surface area contributed by atoms with E-state index in [1.807, 2.05) is 38.8 Å². The molecule has 5 heteroatoms. The number of hydrogen-bond acceptors (Lipinski definition) is 5. The highest BCUT2D eigenvalue weighted by Crippen LogP contribution is 2.29. The zero-order valence-corrected chi connectivity index (χ0v) is 12.2. The maximum atomic E-state index is 11.7.